The zero-order valence-corrected chi connectivity index (χ0v) is 11.1. The van der Waals surface area contributed by atoms with Crippen molar-refractivity contribution in [1.82, 2.24) is 0 Å². The summed E-state index contributed by atoms with van der Waals surface area (Å²) in [5, 5.41) is 1.40. The number of carbonyl (C=O) groups excluding carboxylic acids is 1. The van der Waals surface area contributed by atoms with Crippen LogP contribution < -0.4 is 0 Å². The second-order valence-corrected chi connectivity index (χ2v) is 4.83. The molecule has 1 rings (SSSR count). The zero-order chi connectivity index (χ0) is 12.0. The fraction of sp³-hybridized carbons (Fsp3) is 0.417. The number of aryl methyl sites for hydroxylation is 1. The molecule has 0 saturated carbocycles. The minimum absolute atomic E-state index is 0.410. The van der Waals surface area contributed by atoms with E-state index in [1.54, 1.807) is 0 Å². The SMILES string of the molecule is O=CCCCCCc1cc(Cl)c(Cl)c(Cl)c1. The molecule has 16 heavy (non-hydrogen) atoms. The molecule has 88 valence electrons. The molecule has 0 unspecified atom stereocenters. The molecular weight excluding hydrogens is 266 g/mol. The molecule has 1 nitrogen and oxygen atoms in total. The molecule has 0 spiro atoms. The van der Waals surface area contributed by atoms with Crippen LogP contribution in [0.4, 0.5) is 0 Å². The molecule has 0 atom stereocenters. The highest BCUT2D eigenvalue weighted by Gasteiger charge is 2.05. The van der Waals surface area contributed by atoms with E-state index in [0.29, 0.717) is 21.5 Å². The quantitative estimate of drug-likeness (QED) is 0.409. The van der Waals surface area contributed by atoms with Crippen molar-refractivity contribution in [3.8, 4) is 0 Å². The molecule has 0 saturated heterocycles. The lowest BCUT2D eigenvalue weighted by Crippen LogP contribution is -1.87. The van der Waals surface area contributed by atoms with Crippen LogP contribution in [0, 0.1) is 0 Å². The van der Waals surface area contributed by atoms with Crippen LogP contribution in [0.3, 0.4) is 0 Å². The topological polar surface area (TPSA) is 17.1 Å². The Balaban J connectivity index is 2.45. The van der Waals surface area contributed by atoms with Crippen LogP contribution in [0.2, 0.25) is 15.1 Å². The van der Waals surface area contributed by atoms with E-state index in [2.05, 4.69) is 0 Å². The molecule has 0 bridgehead atoms. The Hall–Kier alpha value is -0.240. The number of unbranched alkanes of at least 4 members (excludes halogenated alkanes) is 3. The van der Waals surface area contributed by atoms with Crippen molar-refractivity contribution in [1.29, 1.82) is 0 Å². The van der Waals surface area contributed by atoms with Gasteiger partial charge < -0.3 is 4.79 Å². The summed E-state index contributed by atoms with van der Waals surface area (Å²) in [6, 6.07) is 3.69. The number of rotatable bonds is 6. The number of hydrogen-bond donors (Lipinski definition) is 0. The van der Waals surface area contributed by atoms with Crippen LogP contribution in [0.5, 0.6) is 0 Å². The van der Waals surface area contributed by atoms with E-state index in [1.807, 2.05) is 12.1 Å². The maximum absolute atomic E-state index is 10.1. The van der Waals surface area contributed by atoms with Gasteiger partial charge in [-0.25, -0.2) is 0 Å². The average molecular weight is 280 g/mol. The summed E-state index contributed by atoms with van der Waals surface area (Å²) in [7, 11) is 0. The highest BCUT2D eigenvalue weighted by atomic mass is 35.5. The zero-order valence-electron chi connectivity index (χ0n) is 8.81. The number of carbonyl (C=O) groups is 1. The third-order valence-electron chi connectivity index (χ3n) is 2.33. The van der Waals surface area contributed by atoms with Crippen LogP contribution in [0.1, 0.15) is 31.2 Å². The van der Waals surface area contributed by atoms with Crippen LogP contribution in [0.15, 0.2) is 12.1 Å². The first kappa shape index (κ1) is 13.8. The molecule has 4 heteroatoms. The third kappa shape index (κ3) is 4.32. The second kappa shape index (κ2) is 7.16. The van der Waals surface area contributed by atoms with Gasteiger partial charge >= 0.3 is 0 Å². The Kier molecular flexibility index (Phi) is 6.18. The van der Waals surface area contributed by atoms with Crippen LogP contribution in [-0.4, -0.2) is 6.29 Å². The highest BCUT2D eigenvalue weighted by molar-refractivity contribution is 6.48. The van der Waals surface area contributed by atoms with E-state index in [1.165, 1.54) is 0 Å². The Morgan fingerprint density at radius 3 is 2.19 bits per heavy atom. The maximum Gasteiger partial charge on any atom is 0.119 e. The van der Waals surface area contributed by atoms with E-state index >= 15 is 0 Å². The minimum Gasteiger partial charge on any atom is -0.303 e. The third-order valence-corrected chi connectivity index (χ3v) is 3.53. The van der Waals surface area contributed by atoms with Crippen molar-refractivity contribution in [2.75, 3.05) is 0 Å². The monoisotopic (exact) mass is 278 g/mol. The van der Waals surface area contributed by atoms with E-state index in [9.17, 15) is 4.79 Å². The summed E-state index contributed by atoms with van der Waals surface area (Å²) in [4.78, 5) is 10.1. The fourth-order valence-electron chi connectivity index (χ4n) is 1.49. The highest BCUT2D eigenvalue weighted by Crippen LogP contribution is 2.31. The Morgan fingerprint density at radius 2 is 1.62 bits per heavy atom. The molecule has 0 amide bonds. The van der Waals surface area contributed by atoms with Crippen molar-refractivity contribution >= 4 is 41.1 Å². The molecule has 1 aromatic carbocycles. The largest absolute Gasteiger partial charge is 0.303 e. The van der Waals surface area contributed by atoms with Crippen molar-refractivity contribution in [3.05, 3.63) is 32.8 Å². The molecule has 1 aromatic rings. The minimum atomic E-state index is 0.410. The van der Waals surface area contributed by atoms with Crippen molar-refractivity contribution in [2.45, 2.75) is 32.1 Å². The van der Waals surface area contributed by atoms with Gasteiger partial charge in [0.1, 0.15) is 6.29 Å². The van der Waals surface area contributed by atoms with Crippen LogP contribution >= 0.6 is 34.8 Å². The molecule has 0 fully saturated rings. The summed E-state index contributed by atoms with van der Waals surface area (Å²) in [5.41, 5.74) is 1.09. The summed E-state index contributed by atoms with van der Waals surface area (Å²) in [5.74, 6) is 0. The first-order chi connectivity index (χ1) is 7.65. The van der Waals surface area contributed by atoms with Gasteiger partial charge in [-0.3, -0.25) is 0 Å². The van der Waals surface area contributed by atoms with Gasteiger partial charge in [0.2, 0.25) is 0 Å². The smallest absolute Gasteiger partial charge is 0.119 e. The summed E-state index contributed by atoms with van der Waals surface area (Å²) in [6.07, 6.45) is 5.52. The van der Waals surface area contributed by atoms with Crippen molar-refractivity contribution in [2.24, 2.45) is 0 Å². The van der Waals surface area contributed by atoms with Gasteiger partial charge in [-0.2, -0.15) is 0 Å². The van der Waals surface area contributed by atoms with Gasteiger partial charge in [0.25, 0.3) is 0 Å². The van der Waals surface area contributed by atoms with Gasteiger partial charge in [0.05, 0.1) is 15.1 Å². The molecule has 0 N–H and O–H groups in total. The Labute approximate surface area is 111 Å². The molecule has 0 heterocycles. The molecule has 0 aliphatic heterocycles. The van der Waals surface area contributed by atoms with Crippen molar-refractivity contribution < 1.29 is 4.79 Å². The molecular formula is C12H13Cl3O. The van der Waals surface area contributed by atoms with Crippen LogP contribution in [0.25, 0.3) is 0 Å². The van der Waals surface area contributed by atoms with E-state index < -0.39 is 0 Å². The van der Waals surface area contributed by atoms with E-state index in [0.717, 1.165) is 37.5 Å². The van der Waals surface area contributed by atoms with Crippen LogP contribution in [-0.2, 0) is 11.2 Å². The lowest BCUT2D eigenvalue weighted by Gasteiger charge is -2.05. The number of hydrogen-bond acceptors (Lipinski definition) is 1. The Bertz CT molecular complexity index is 340. The Morgan fingerprint density at radius 1 is 1.00 bits per heavy atom. The first-order valence-electron chi connectivity index (χ1n) is 5.22. The normalized spacial score (nSPS) is 10.4. The van der Waals surface area contributed by atoms with Gasteiger partial charge in [0, 0.05) is 6.42 Å². The second-order valence-electron chi connectivity index (χ2n) is 3.64. The lowest BCUT2D eigenvalue weighted by atomic mass is 10.1. The number of benzene rings is 1. The molecule has 0 aromatic heterocycles. The molecule has 0 radical (unpaired) electrons. The average Bonchev–Trinajstić information content (AvgIpc) is 2.25. The lowest BCUT2D eigenvalue weighted by molar-refractivity contribution is -0.107. The van der Waals surface area contributed by atoms with Gasteiger partial charge in [-0.15, -0.1) is 0 Å². The maximum atomic E-state index is 10.1. The predicted molar refractivity (Wildman–Crippen MR) is 69.7 cm³/mol. The van der Waals surface area contributed by atoms with Crippen molar-refractivity contribution in [3.63, 3.8) is 0 Å². The first-order valence-corrected chi connectivity index (χ1v) is 6.35. The predicted octanol–water partition coefficient (Wildman–Crippen LogP) is 4.95. The summed E-state index contributed by atoms with van der Waals surface area (Å²) in [6.45, 7) is 0. The van der Waals surface area contributed by atoms with E-state index in [4.69, 9.17) is 34.8 Å². The summed E-state index contributed by atoms with van der Waals surface area (Å²) < 4.78 is 0. The molecule has 0 aliphatic carbocycles. The summed E-state index contributed by atoms with van der Waals surface area (Å²) >= 11 is 17.7. The van der Waals surface area contributed by atoms with E-state index in [-0.39, 0.29) is 0 Å². The fourth-order valence-corrected chi connectivity index (χ4v) is 2.13. The standard InChI is InChI=1S/C12H13Cl3O/c13-10-7-9(8-11(14)12(10)15)5-3-1-2-4-6-16/h6-8H,1-5H2. The van der Waals surface area contributed by atoms with Gasteiger partial charge in [-0.1, -0.05) is 41.2 Å². The number of aldehydes is 1. The van der Waals surface area contributed by atoms with Gasteiger partial charge in [-0.05, 0) is 37.0 Å². The van der Waals surface area contributed by atoms with Gasteiger partial charge in [0.15, 0.2) is 0 Å². The number of halogens is 3. The molecule has 0 aliphatic rings.